The van der Waals surface area contributed by atoms with Gasteiger partial charge in [0.15, 0.2) is 0 Å². The predicted octanol–water partition coefficient (Wildman–Crippen LogP) is 5.70. The van der Waals surface area contributed by atoms with Crippen molar-refractivity contribution >= 4 is 5.97 Å². The molecule has 1 heterocycles. The minimum atomic E-state index is -0.517. The molecule has 0 bridgehead atoms. The van der Waals surface area contributed by atoms with Crippen molar-refractivity contribution in [3.63, 3.8) is 0 Å². The number of nitrogens with two attached hydrogens (primary N) is 1. The first-order valence-electron chi connectivity index (χ1n) is 11.8. The number of ether oxygens (including phenoxy) is 4. The van der Waals surface area contributed by atoms with Gasteiger partial charge in [0.1, 0.15) is 34.6 Å². The highest BCUT2D eigenvalue weighted by Crippen LogP contribution is 2.46. The number of methoxy groups -OCH3 is 1. The number of carbonyl (C=O) groups is 1. The maximum absolute atomic E-state index is 12.6. The number of hydrogen-bond donors (Lipinski definition) is 1. The Labute approximate surface area is 210 Å². The van der Waals surface area contributed by atoms with Crippen molar-refractivity contribution < 1.29 is 23.7 Å². The van der Waals surface area contributed by atoms with Gasteiger partial charge in [0, 0.05) is 17.2 Å². The quantitative estimate of drug-likeness (QED) is 0.236. The summed E-state index contributed by atoms with van der Waals surface area (Å²) in [4.78, 5) is 12.6. The molecule has 1 unspecified atom stereocenters. The smallest absolute Gasteiger partial charge is 0.343 e. The van der Waals surface area contributed by atoms with E-state index in [2.05, 4.69) is 13.0 Å². The van der Waals surface area contributed by atoms with Crippen molar-refractivity contribution in [1.29, 1.82) is 5.26 Å². The van der Waals surface area contributed by atoms with Crippen LogP contribution in [0.2, 0.25) is 0 Å². The number of carbonyl (C=O) groups excluding carboxylic acids is 1. The third-order valence-electron chi connectivity index (χ3n) is 5.96. The van der Waals surface area contributed by atoms with Gasteiger partial charge in [-0.3, -0.25) is 0 Å². The maximum Gasteiger partial charge on any atom is 0.343 e. The summed E-state index contributed by atoms with van der Waals surface area (Å²) in [5, 5.41) is 9.91. The van der Waals surface area contributed by atoms with E-state index in [1.165, 1.54) is 0 Å². The summed E-state index contributed by atoms with van der Waals surface area (Å²) in [5.74, 6) is 1.06. The molecule has 7 nitrogen and oxygen atoms in total. The van der Waals surface area contributed by atoms with Crippen LogP contribution in [0.5, 0.6) is 23.0 Å². The van der Waals surface area contributed by atoms with E-state index in [1.54, 1.807) is 49.6 Å². The standard InChI is InChI=1S/C29H28N2O5/c1-3-4-7-16-34-25-9-6-5-8-22(25)27-23-15-14-21(17-26(23)36-28(31)24(27)18-30)35-29(32)19-10-12-20(33-2)13-11-19/h5-6,8-15,17,27H,3-4,7,16,31H2,1-2H3. The molecule has 7 heteroatoms. The van der Waals surface area contributed by atoms with E-state index >= 15 is 0 Å². The Bertz CT molecular complexity index is 1310. The van der Waals surface area contributed by atoms with Crippen LogP contribution in [-0.4, -0.2) is 19.7 Å². The van der Waals surface area contributed by atoms with Crippen LogP contribution in [0.1, 0.15) is 53.6 Å². The lowest BCUT2D eigenvalue weighted by Gasteiger charge is -2.28. The van der Waals surface area contributed by atoms with E-state index in [0.717, 1.165) is 30.4 Å². The maximum atomic E-state index is 12.6. The second kappa shape index (κ2) is 11.3. The van der Waals surface area contributed by atoms with E-state index in [1.807, 2.05) is 24.3 Å². The lowest BCUT2D eigenvalue weighted by Crippen LogP contribution is -2.21. The summed E-state index contributed by atoms with van der Waals surface area (Å²) < 4.78 is 22.6. The van der Waals surface area contributed by atoms with Crippen LogP contribution >= 0.6 is 0 Å². The summed E-state index contributed by atoms with van der Waals surface area (Å²) in [6, 6.07) is 21.5. The minimum Gasteiger partial charge on any atom is -0.497 e. The molecule has 1 aliphatic heterocycles. The number of rotatable bonds is 9. The molecule has 36 heavy (non-hydrogen) atoms. The summed E-state index contributed by atoms with van der Waals surface area (Å²) in [6.45, 7) is 2.73. The molecule has 1 atom stereocenters. The fourth-order valence-corrected chi connectivity index (χ4v) is 4.10. The van der Waals surface area contributed by atoms with Crippen molar-refractivity contribution in [1.82, 2.24) is 0 Å². The molecule has 0 saturated carbocycles. The molecule has 0 amide bonds. The van der Waals surface area contributed by atoms with Gasteiger partial charge in [-0.15, -0.1) is 0 Å². The Hall–Kier alpha value is -4.44. The Morgan fingerprint density at radius 3 is 2.50 bits per heavy atom. The lowest BCUT2D eigenvalue weighted by molar-refractivity contribution is 0.0734. The van der Waals surface area contributed by atoms with Crippen molar-refractivity contribution in [2.75, 3.05) is 13.7 Å². The largest absolute Gasteiger partial charge is 0.497 e. The molecule has 2 N–H and O–H groups in total. The summed E-state index contributed by atoms with van der Waals surface area (Å²) in [5.41, 5.74) is 8.40. The molecule has 184 valence electrons. The Morgan fingerprint density at radius 1 is 1.03 bits per heavy atom. The SMILES string of the molecule is CCCCCOc1ccccc1C1C(C#N)=C(N)Oc2cc(OC(=O)c3ccc(OC)cc3)ccc21. The fraction of sp³-hybridized carbons (Fsp3) is 0.241. The van der Waals surface area contributed by atoms with Crippen LogP contribution in [0.15, 0.2) is 78.2 Å². The van der Waals surface area contributed by atoms with Crippen molar-refractivity contribution in [2.45, 2.75) is 32.1 Å². The first-order chi connectivity index (χ1) is 17.5. The molecule has 0 spiro atoms. The second-order valence-electron chi connectivity index (χ2n) is 8.34. The first kappa shape index (κ1) is 24.7. The van der Waals surface area contributed by atoms with Crippen molar-refractivity contribution in [3.8, 4) is 29.1 Å². The first-order valence-corrected chi connectivity index (χ1v) is 11.8. The Balaban J connectivity index is 1.64. The van der Waals surface area contributed by atoms with E-state index in [0.29, 0.717) is 40.7 Å². The molecule has 1 aliphatic rings. The van der Waals surface area contributed by atoms with E-state index < -0.39 is 11.9 Å². The number of benzene rings is 3. The number of unbranched alkanes of at least 4 members (excludes halogenated alkanes) is 2. The van der Waals surface area contributed by atoms with Gasteiger partial charge in [0.2, 0.25) is 5.88 Å². The summed E-state index contributed by atoms with van der Waals surface area (Å²) in [7, 11) is 1.56. The van der Waals surface area contributed by atoms with Gasteiger partial charge in [0.05, 0.1) is 25.2 Å². The van der Waals surface area contributed by atoms with Crippen LogP contribution in [0.4, 0.5) is 0 Å². The highest BCUT2D eigenvalue weighted by atomic mass is 16.5. The number of fused-ring (bicyclic) bond motifs is 1. The molecule has 0 fully saturated rings. The normalized spacial score (nSPS) is 14.3. The van der Waals surface area contributed by atoms with Crippen LogP contribution in [0.25, 0.3) is 0 Å². The number of nitrogens with zero attached hydrogens (tertiary/aromatic N) is 1. The third-order valence-corrected chi connectivity index (χ3v) is 5.96. The molecule has 0 aliphatic carbocycles. The van der Waals surface area contributed by atoms with Crippen molar-refractivity contribution in [3.05, 3.63) is 94.9 Å². The fourth-order valence-electron chi connectivity index (χ4n) is 4.10. The zero-order chi connectivity index (χ0) is 25.5. The molecular weight excluding hydrogens is 456 g/mol. The minimum absolute atomic E-state index is 0.00872. The summed E-state index contributed by atoms with van der Waals surface area (Å²) >= 11 is 0. The molecule has 0 aromatic heterocycles. The average molecular weight is 485 g/mol. The highest BCUT2D eigenvalue weighted by molar-refractivity contribution is 5.91. The van der Waals surface area contributed by atoms with E-state index in [-0.39, 0.29) is 5.88 Å². The van der Waals surface area contributed by atoms with Crippen molar-refractivity contribution in [2.24, 2.45) is 5.73 Å². The van der Waals surface area contributed by atoms with Gasteiger partial charge in [0.25, 0.3) is 0 Å². The molecular formula is C29H28N2O5. The topological polar surface area (TPSA) is 104 Å². The molecule has 4 rings (SSSR count). The van der Waals surface area contributed by atoms with Crippen LogP contribution in [-0.2, 0) is 0 Å². The monoisotopic (exact) mass is 484 g/mol. The molecule has 3 aromatic rings. The van der Waals surface area contributed by atoms with E-state index in [9.17, 15) is 10.1 Å². The van der Waals surface area contributed by atoms with Gasteiger partial charge >= 0.3 is 5.97 Å². The number of allylic oxidation sites excluding steroid dienone is 1. The predicted molar refractivity (Wildman–Crippen MR) is 135 cm³/mol. The summed E-state index contributed by atoms with van der Waals surface area (Å²) in [6.07, 6.45) is 3.12. The number of para-hydroxylation sites is 1. The molecule has 0 saturated heterocycles. The molecule has 0 radical (unpaired) electrons. The third kappa shape index (κ3) is 5.28. The van der Waals surface area contributed by atoms with Gasteiger partial charge < -0.3 is 24.7 Å². The van der Waals surface area contributed by atoms with Gasteiger partial charge in [-0.1, -0.05) is 44.0 Å². The number of nitriles is 1. The molecule has 3 aromatic carbocycles. The zero-order valence-corrected chi connectivity index (χ0v) is 20.3. The van der Waals surface area contributed by atoms with E-state index in [4.69, 9.17) is 24.7 Å². The van der Waals surface area contributed by atoms with Gasteiger partial charge in [-0.2, -0.15) is 5.26 Å². The second-order valence-corrected chi connectivity index (χ2v) is 8.34. The lowest BCUT2D eigenvalue weighted by atomic mass is 9.83. The van der Waals surface area contributed by atoms with Crippen LogP contribution in [0, 0.1) is 11.3 Å². The highest BCUT2D eigenvalue weighted by Gasteiger charge is 2.33. The Kier molecular flexibility index (Phi) is 7.76. The van der Waals surface area contributed by atoms with Crippen LogP contribution in [0.3, 0.4) is 0 Å². The Morgan fingerprint density at radius 2 is 1.78 bits per heavy atom. The zero-order valence-electron chi connectivity index (χ0n) is 20.3. The average Bonchev–Trinajstić information content (AvgIpc) is 2.90. The van der Waals surface area contributed by atoms with Gasteiger partial charge in [-0.25, -0.2) is 4.79 Å². The number of hydrogen-bond acceptors (Lipinski definition) is 7. The van der Waals surface area contributed by atoms with Gasteiger partial charge in [-0.05, 0) is 42.8 Å². The van der Waals surface area contributed by atoms with Crippen LogP contribution < -0.4 is 24.7 Å². The number of esters is 1.